The van der Waals surface area contributed by atoms with Crippen LogP contribution >= 0.6 is 0 Å². The van der Waals surface area contributed by atoms with Gasteiger partial charge in [-0.3, -0.25) is 14.7 Å². The van der Waals surface area contributed by atoms with Gasteiger partial charge in [-0.15, -0.1) is 0 Å². The van der Waals surface area contributed by atoms with Gasteiger partial charge in [0.1, 0.15) is 5.82 Å². The summed E-state index contributed by atoms with van der Waals surface area (Å²) in [5.41, 5.74) is 4.91. The Kier molecular flexibility index (Phi) is 5.36. The summed E-state index contributed by atoms with van der Waals surface area (Å²) in [6, 6.07) is 12.1. The van der Waals surface area contributed by atoms with Crippen molar-refractivity contribution in [2.45, 2.75) is 32.5 Å². The third-order valence-corrected chi connectivity index (χ3v) is 5.93. The SMILES string of the molecule is O=c1[nH]c(-c2ccncc2)nc2c1CCN(Cc1cn(CCCO)c3ccccc13)C2. The summed E-state index contributed by atoms with van der Waals surface area (Å²) in [4.78, 5) is 26.8. The minimum Gasteiger partial charge on any atom is -0.396 e. The normalized spacial score (nSPS) is 14.1. The Labute approximate surface area is 180 Å². The molecule has 7 nitrogen and oxygen atoms in total. The van der Waals surface area contributed by atoms with Crippen LogP contribution in [0.4, 0.5) is 0 Å². The lowest BCUT2D eigenvalue weighted by Gasteiger charge is -2.27. The molecule has 1 aromatic carbocycles. The van der Waals surface area contributed by atoms with E-state index < -0.39 is 0 Å². The van der Waals surface area contributed by atoms with Gasteiger partial charge in [-0.05, 0) is 36.6 Å². The molecule has 1 aliphatic rings. The fraction of sp³-hybridized carbons (Fsp3) is 0.292. The van der Waals surface area contributed by atoms with E-state index in [1.165, 1.54) is 16.5 Å². The smallest absolute Gasteiger partial charge is 0.254 e. The Morgan fingerprint density at radius 1 is 1.13 bits per heavy atom. The van der Waals surface area contributed by atoms with E-state index in [1.807, 2.05) is 12.1 Å². The number of aromatic nitrogens is 4. The zero-order chi connectivity index (χ0) is 21.2. The van der Waals surface area contributed by atoms with E-state index >= 15 is 0 Å². The van der Waals surface area contributed by atoms with Gasteiger partial charge in [-0.2, -0.15) is 0 Å². The van der Waals surface area contributed by atoms with Crippen LogP contribution in [0.2, 0.25) is 0 Å². The van der Waals surface area contributed by atoms with Crippen LogP contribution in [0.1, 0.15) is 23.2 Å². The van der Waals surface area contributed by atoms with Crippen molar-refractivity contribution in [2.75, 3.05) is 13.2 Å². The maximum Gasteiger partial charge on any atom is 0.254 e. The average Bonchev–Trinajstić information content (AvgIpc) is 3.15. The molecule has 0 amide bonds. The molecule has 3 aromatic heterocycles. The highest BCUT2D eigenvalue weighted by Crippen LogP contribution is 2.25. The van der Waals surface area contributed by atoms with E-state index in [0.717, 1.165) is 42.9 Å². The van der Waals surface area contributed by atoms with Gasteiger partial charge in [-0.25, -0.2) is 4.98 Å². The molecule has 158 valence electrons. The number of aryl methyl sites for hydroxylation is 1. The standard InChI is InChI=1S/C24H25N5O2/c30-13-3-11-29-15-18(19-4-1-2-5-22(19)29)14-28-12-8-20-21(16-28)26-23(27-24(20)31)17-6-9-25-10-7-17/h1-2,4-7,9-10,15,30H,3,8,11-14,16H2,(H,26,27,31). The maximum absolute atomic E-state index is 12.6. The molecule has 5 rings (SSSR count). The molecule has 0 saturated heterocycles. The molecule has 0 atom stereocenters. The highest BCUT2D eigenvalue weighted by atomic mass is 16.3. The van der Waals surface area contributed by atoms with E-state index in [4.69, 9.17) is 4.98 Å². The first-order valence-corrected chi connectivity index (χ1v) is 10.7. The molecule has 1 aliphatic heterocycles. The van der Waals surface area contributed by atoms with Crippen LogP contribution in [-0.4, -0.2) is 42.7 Å². The Morgan fingerprint density at radius 3 is 2.81 bits per heavy atom. The van der Waals surface area contributed by atoms with Crippen LogP contribution in [0.15, 0.2) is 59.8 Å². The zero-order valence-electron chi connectivity index (χ0n) is 17.3. The van der Waals surface area contributed by atoms with E-state index in [9.17, 15) is 9.90 Å². The Morgan fingerprint density at radius 2 is 1.97 bits per heavy atom. The van der Waals surface area contributed by atoms with Crippen LogP contribution < -0.4 is 5.56 Å². The van der Waals surface area contributed by atoms with E-state index in [1.54, 1.807) is 12.4 Å². The summed E-state index contributed by atoms with van der Waals surface area (Å²) < 4.78 is 2.23. The van der Waals surface area contributed by atoms with Crippen LogP contribution in [-0.2, 0) is 26.1 Å². The predicted octanol–water partition coefficient (Wildman–Crippen LogP) is 2.73. The lowest BCUT2D eigenvalue weighted by molar-refractivity contribution is 0.241. The largest absolute Gasteiger partial charge is 0.396 e. The van der Waals surface area contributed by atoms with Gasteiger partial charge in [0.25, 0.3) is 5.56 Å². The number of benzene rings is 1. The van der Waals surface area contributed by atoms with Crippen LogP contribution in [0.3, 0.4) is 0 Å². The number of fused-ring (bicyclic) bond motifs is 2. The highest BCUT2D eigenvalue weighted by molar-refractivity contribution is 5.84. The van der Waals surface area contributed by atoms with E-state index in [2.05, 4.69) is 49.9 Å². The number of aliphatic hydroxyl groups is 1. The van der Waals surface area contributed by atoms with Crippen molar-refractivity contribution in [2.24, 2.45) is 0 Å². The summed E-state index contributed by atoms with van der Waals surface area (Å²) in [6.45, 7) is 3.25. The minimum absolute atomic E-state index is 0.0444. The van der Waals surface area contributed by atoms with Crippen molar-refractivity contribution in [1.29, 1.82) is 0 Å². The zero-order valence-corrected chi connectivity index (χ0v) is 17.3. The van der Waals surface area contributed by atoms with Gasteiger partial charge in [0.2, 0.25) is 0 Å². The van der Waals surface area contributed by atoms with Gasteiger partial charge >= 0.3 is 0 Å². The molecule has 31 heavy (non-hydrogen) atoms. The van der Waals surface area contributed by atoms with Gasteiger partial charge in [0, 0.05) is 73.4 Å². The number of pyridine rings is 1. The summed E-state index contributed by atoms with van der Waals surface area (Å²) in [5.74, 6) is 0.591. The number of aromatic amines is 1. The summed E-state index contributed by atoms with van der Waals surface area (Å²) in [5, 5.41) is 10.5. The van der Waals surface area contributed by atoms with Crippen molar-refractivity contribution < 1.29 is 5.11 Å². The number of para-hydroxylation sites is 1. The van der Waals surface area contributed by atoms with Gasteiger partial charge in [0.15, 0.2) is 0 Å². The quantitative estimate of drug-likeness (QED) is 0.506. The number of rotatable bonds is 6. The molecule has 0 unspecified atom stereocenters. The first-order valence-electron chi connectivity index (χ1n) is 10.7. The number of nitrogens with one attached hydrogen (secondary N) is 1. The Bertz CT molecular complexity index is 1260. The summed E-state index contributed by atoms with van der Waals surface area (Å²) in [6.07, 6.45) is 7.03. The predicted molar refractivity (Wildman–Crippen MR) is 120 cm³/mol. The summed E-state index contributed by atoms with van der Waals surface area (Å²) >= 11 is 0. The monoisotopic (exact) mass is 415 g/mol. The number of hydrogen-bond acceptors (Lipinski definition) is 5. The van der Waals surface area contributed by atoms with Crippen molar-refractivity contribution in [3.05, 3.63) is 82.2 Å². The number of H-pyrrole nitrogens is 1. The maximum atomic E-state index is 12.6. The fourth-order valence-electron chi connectivity index (χ4n) is 4.39. The first kappa shape index (κ1) is 19.7. The van der Waals surface area contributed by atoms with Gasteiger partial charge < -0.3 is 14.7 Å². The second kappa shape index (κ2) is 8.45. The molecular formula is C24H25N5O2. The van der Waals surface area contributed by atoms with Gasteiger partial charge in [-0.1, -0.05) is 18.2 Å². The van der Waals surface area contributed by atoms with Crippen molar-refractivity contribution in [3.8, 4) is 11.4 Å². The molecule has 2 N–H and O–H groups in total. The molecule has 0 spiro atoms. The molecule has 0 aliphatic carbocycles. The first-order chi connectivity index (χ1) is 15.2. The molecule has 0 radical (unpaired) electrons. The molecule has 0 saturated carbocycles. The lowest BCUT2D eigenvalue weighted by Crippen LogP contribution is -2.35. The number of aliphatic hydroxyl groups excluding tert-OH is 1. The Balaban J connectivity index is 1.43. The summed E-state index contributed by atoms with van der Waals surface area (Å²) in [7, 11) is 0. The third kappa shape index (κ3) is 3.89. The molecule has 0 bridgehead atoms. The van der Waals surface area contributed by atoms with Crippen LogP contribution in [0.25, 0.3) is 22.3 Å². The Hall–Kier alpha value is -3.29. The highest BCUT2D eigenvalue weighted by Gasteiger charge is 2.22. The number of nitrogens with zero attached hydrogens (tertiary/aromatic N) is 4. The average molecular weight is 415 g/mol. The van der Waals surface area contributed by atoms with E-state index in [-0.39, 0.29) is 12.2 Å². The van der Waals surface area contributed by atoms with Gasteiger partial charge in [0.05, 0.1) is 5.69 Å². The third-order valence-electron chi connectivity index (χ3n) is 5.93. The van der Waals surface area contributed by atoms with E-state index in [0.29, 0.717) is 18.8 Å². The second-order valence-electron chi connectivity index (χ2n) is 7.98. The molecule has 4 heterocycles. The second-order valence-corrected chi connectivity index (χ2v) is 7.98. The molecule has 7 heteroatoms. The molecule has 4 aromatic rings. The van der Waals surface area contributed by atoms with Crippen LogP contribution in [0, 0.1) is 0 Å². The molecule has 0 fully saturated rings. The van der Waals surface area contributed by atoms with Crippen LogP contribution in [0.5, 0.6) is 0 Å². The molecular weight excluding hydrogens is 390 g/mol. The van der Waals surface area contributed by atoms with Crippen molar-refractivity contribution in [3.63, 3.8) is 0 Å². The lowest BCUT2D eigenvalue weighted by atomic mass is 10.0. The number of hydrogen-bond donors (Lipinski definition) is 2. The topological polar surface area (TPSA) is 87.0 Å². The van der Waals surface area contributed by atoms with Crippen molar-refractivity contribution in [1.82, 2.24) is 24.4 Å². The fourth-order valence-corrected chi connectivity index (χ4v) is 4.39. The van der Waals surface area contributed by atoms with Crippen molar-refractivity contribution >= 4 is 10.9 Å². The minimum atomic E-state index is -0.0444.